The SMILES string of the molecule is CC(C)(C)OC(=O)[C@@H]1CCCN1C(=O)CCC(=O)C(CNS(C)(=O)=O)NC(=O)c1ccccc1. The predicted molar refractivity (Wildman–Crippen MR) is 125 cm³/mol. The van der Waals surface area contributed by atoms with Crippen LogP contribution in [-0.2, 0) is 29.1 Å². The monoisotopic (exact) mass is 495 g/mol. The van der Waals surface area contributed by atoms with Gasteiger partial charge in [0.2, 0.25) is 15.9 Å². The second kappa shape index (κ2) is 11.6. The number of carbonyl (C=O) groups excluding carboxylic acids is 4. The van der Waals surface area contributed by atoms with Crippen molar-refractivity contribution in [2.24, 2.45) is 0 Å². The number of carbonyl (C=O) groups is 4. The van der Waals surface area contributed by atoms with Gasteiger partial charge in [0.25, 0.3) is 5.91 Å². The van der Waals surface area contributed by atoms with Gasteiger partial charge in [-0.2, -0.15) is 0 Å². The smallest absolute Gasteiger partial charge is 0.329 e. The average Bonchev–Trinajstić information content (AvgIpc) is 3.23. The van der Waals surface area contributed by atoms with Gasteiger partial charge < -0.3 is 15.0 Å². The Hall–Kier alpha value is -2.79. The summed E-state index contributed by atoms with van der Waals surface area (Å²) in [4.78, 5) is 52.0. The van der Waals surface area contributed by atoms with E-state index in [1.165, 1.54) is 4.90 Å². The van der Waals surface area contributed by atoms with Crippen molar-refractivity contribution in [3.8, 4) is 0 Å². The molecular formula is C23H33N3O7S. The number of Topliss-reactive ketones (excluding diaryl/α,β-unsaturated/α-hetero) is 1. The van der Waals surface area contributed by atoms with Crippen LogP contribution in [0.1, 0.15) is 56.8 Å². The Morgan fingerprint density at radius 1 is 1.12 bits per heavy atom. The standard InChI is InChI=1S/C23H33N3O7S/c1-23(2,3)33-22(30)18-11-8-14-26(18)20(28)13-12-19(27)17(15-24-34(4,31)32)25-21(29)16-9-6-5-7-10-16/h5-7,9-10,17-18,24H,8,11-15H2,1-4H3,(H,25,29)/t17?,18-/m0/s1. The largest absolute Gasteiger partial charge is 0.458 e. The molecule has 0 spiro atoms. The molecular weight excluding hydrogens is 462 g/mol. The molecule has 10 nitrogen and oxygen atoms in total. The third-order valence-corrected chi connectivity index (χ3v) is 5.81. The van der Waals surface area contributed by atoms with Crippen LogP contribution in [-0.4, -0.2) is 73.9 Å². The topological polar surface area (TPSA) is 139 Å². The summed E-state index contributed by atoms with van der Waals surface area (Å²) in [6.45, 7) is 5.30. The molecule has 2 atom stereocenters. The Balaban J connectivity index is 2.02. The summed E-state index contributed by atoms with van der Waals surface area (Å²) in [6.07, 6.45) is 1.69. The molecule has 1 aromatic rings. The Morgan fingerprint density at radius 2 is 1.76 bits per heavy atom. The number of amides is 2. The highest BCUT2D eigenvalue weighted by Crippen LogP contribution is 2.22. The van der Waals surface area contributed by atoms with E-state index in [2.05, 4.69) is 10.0 Å². The van der Waals surface area contributed by atoms with Gasteiger partial charge in [-0.05, 0) is 45.7 Å². The molecule has 0 aromatic heterocycles. The number of benzene rings is 1. The van der Waals surface area contributed by atoms with Gasteiger partial charge in [0, 0.05) is 31.5 Å². The Bertz CT molecular complexity index is 1000. The lowest BCUT2D eigenvalue weighted by molar-refractivity contribution is -0.163. The number of hydrogen-bond donors (Lipinski definition) is 2. The number of rotatable bonds is 10. The van der Waals surface area contributed by atoms with E-state index < -0.39 is 45.4 Å². The number of ketones is 1. The molecule has 1 aliphatic heterocycles. The molecule has 0 saturated carbocycles. The quantitative estimate of drug-likeness (QED) is 0.462. The molecule has 0 bridgehead atoms. The van der Waals surface area contributed by atoms with Gasteiger partial charge in [-0.3, -0.25) is 14.4 Å². The summed E-state index contributed by atoms with van der Waals surface area (Å²) < 4.78 is 30.7. The minimum absolute atomic E-state index is 0.172. The molecule has 188 valence electrons. The van der Waals surface area contributed by atoms with Gasteiger partial charge in [-0.25, -0.2) is 17.9 Å². The summed E-state index contributed by atoms with van der Waals surface area (Å²) in [5.74, 6) is -1.88. The average molecular weight is 496 g/mol. The van der Waals surface area contributed by atoms with Crippen LogP contribution in [0.2, 0.25) is 0 Å². The molecule has 2 amide bonds. The van der Waals surface area contributed by atoms with Crippen molar-refractivity contribution in [2.75, 3.05) is 19.3 Å². The first-order chi connectivity index (χ1) is 15.8. The lowest BCUT2D eigenvalue weighted by atomic mass is 10.1. The van der Waals surface area contributed by atoms with E-state index in [1.54, 1.807) is 51.1 Å². The number of likely N-dealkylation sites (tertiary alicyclic amines) is 1. The van der Waals surface area contributed by atoms with Crippen LogP contribution in [0.15, 0.2) is 30.3 Å². The van der Waals surface area contributed by atoms with E-state index in [9.17, 15) is 27.6 Å². The Kier molecular flexibility index (Phi) is 9.34. The molecule has 2 rings (SSSR count). The summed E-state index contributed by atoms with van der Waals surface area (Å²) in [5, 5.41) is 2.54. The second-order valence-electron chi connectivity index (χ2n) is 9.26. The molecule has 1 aromatic carbocycles. The fourth-order valence-electron chi connectivity index (χ4n) is 3.54. The fourth-order valence-corrected chi connectivity index (χ4v) is 4.01. The third kappa shape index (κ3) is 8.86. The highest BCUT2D eigenvalue weighted by atomic mass is 32.2. The van der Waals surface area contributed by atoms with Gasteiger partial charge in [0.05, 0.1) is 6.26 Å². The van der Waals surface area contributed by atoms with Crippen molar-refractivity contribution in [2.45, 2.75) is 64.1 Å². The minimum Gasteiger partial charge on any atom is -0.458 e. The number of esters is 1. The molecule has 1 heterocycles. The first-order valence-electron chi connectivity index (χ1n) is 11.1. The van der Waals surface area contributed by atoms with Gasteiger partial charge in [0.1, 0.15) is 17.7 Å². The maximum absolute atomic E-state index is 12.8. The number of sulfonamides is 1. The number of nitrogens with zero attached hydrogens (tertiary/aromatic N) is 1. The van der Waals surface area contributed by atoms with E-state index in [0.717, 1.165) is 6.26 Å². The van der Waals surface area contributed by atoms with E-state index in [1.807, 2.05) is 0 Å². The van der Waals surface area contributed by atoms with Crippen LogP contribution in [0.5, 0.6) is 0 Å². The lowest BCUT2D eigenvalue weighted by Gasteiger charge is -2.27. The zero-order valence-electron chi connectivity index (χ0n) is 20.0. The molecule has 0 aliphatic carbocycles. The summed E-state index contributed by atoms with van der Waals surface area (Å²) in [6, 6.07) is 6.34. The fraction of sp³-hybridized carbons (Fsp3) is 0.565. The van der Waals surface area contributed by atoms with Crippen molar-refractivity contribution in [1.29, 1.82) is 0 Å². The Morgan fingerprint density at radius 3 is 2.35 bits per heavy atom. The molecule has 1 unspecified atom stereocenters. The first-order valence-corrected chi connectivity index (χ1v) is 13.0. The van der Waals surface area contributed by atoms with Crippen molar-refractivity contribution in [1.82, 2.24) is 14.9 Å². The predicted octanol–water partition coefficient (Wildman–Crippen LogP) is 1.02. The minimum atomic E-state index is -3.61. The molecule has 34 heavy (non-hydrogen) atoms. The van der Waals surface area contributed by atoms with Crippen LogP contribution in [0.3, 0.4) is 0 Å². The summed E-state index contributed by atoms with van der Waals surface area (Å²) in [7, 11) is -3.61. The van der Waals surface area contributed by atoms with Gasteiger partial charge in [-0.1, -0.05) is 18.2 Å². The van der Waals surface area contributed by atoms with Crippen LogP contribution >= 0.6 is 0 Å². The summed E-state index contributed by atoms with van der Waals surface area (Å²) in [5.41, 5.74) is -0.366. The maximum Gasteiger partial charge on any atom is 0.329 e. The molecule has 1 saturated heterocycles. The number of ether oxygens (including phenoxy) is 1. The van der Waals surface area contributed by atoms with Crippen molar-refractivity contribution in [3.63, 3.8) is 0 Å². The molecule has 2 N–H and O–H groups in total. The van der Waals surface area contributed by atoms with E-state index in [4.69, 9.17) is 4.74 Å². The van der Waals surface area contributed by atoms with Gasteiger partial charge in [0.15, 0.2) is 5.78 Å². The second-order valence-corrected chi connectivity index (χ2v) is 11.1. The van der Waals surface area contributed by atoms with Crippen molar-refractivity contribution < 1.29 is 32.3 Å². The van der Waals surface area contributed by atoms with Crippen LogP contribution in [0.4, 0.5) is 0 Å². The van der Waals surface area contributed by atoms with E-state index in [0.29, 0.717) is 24.9 Å². The molecule has 0 radical (unpaired) electrons. The number of nitrogens with one attached hydrogen (secondary N) is 2. The maximum atomic E-state index is 12.8. The molecule has 11 heteroatoms. The molecule has 1 aliphatic rings. The van der Waals surface area contributed by atoms with Crippen LogP contribution in [0.25, 0.3) is 0 Å². The van der Waals surface area contributed by atoms with E-state index in [-0.39, 0.29) is 25.3 Å². The van der Waals surface area contributed by atoms with E-state index >= 15 is 0 Å². The highest BCUT2D eigenvalue weighted by molar-refractivity contribution is 7.88. The van der Waals surface area contributed by atoms with Crippen molar-refractivity contribution >= 4 is 33.6 Å². The van der Waals surface area contributed by atoms with Crippen molar-refractivity contribution in [3.05, 3.63) is 35.9 Å². The lowest BCUT2D eigenvalue weighted by Crippen LogP contribution is -2.48. The highest BCUT2D eigenvalue weighted by Gasteiger charge is 2.37. The normalized spacial score (nSPS) is 17.2. The third-order valence-electron chi connectivity index (χ3n) is 5.12. The van der Waals surface area contributed by atoms with Gasteiger partial charge in [-0.15, -0.1) is 0 Å². The van der Waals surface area contributed by atoms with Crippen LogP contribution < -0.4 is 10.0 Å². The van der Waals surface area contributed by atoms with Crippen LogP contribution in [0, 0.1) is 0 Å². The zero-order chi connectivity index (χ0) is 25.5. The Labute approximate surface area is 200 Å². The summed E-state index contributed by atoms with van der Waals surface area (Å²) >= 11 is 0. The first kappa shape index (κ1) is 27.5. The van der Waals surface area contributed by atoms with Gasteiger partial charge >= 0.3 is 5.97 Å². The number of hydrogen-bond acceptors (Lipinski definition) is 7. The molecule has 1 fully saturated rings. The zero-order valence-corrected chi connectivity index (χ0v) is 20.8.